The van der Waals surface area contributed by atoms with Gasteiger partial charge in [-0.05, 0) is 20.3 Å². The quantitative estimate of drug-likeness (QED) is 0.489. The fraction of sp³-hybridized carbons (Fsp3) is 1.00. The van der Waals surface area contributed by atoms with Crippen LogP contribution in [0.15, 0.2) is 0 Å². The molecule has 0 radical (unpaired) electrons. The number of hydrogen-bond acceptors (Lipinski definition) is 5. The summed E-state index contributed by atoms with van der Waals surface area (Å²) in [6, 6.07) is 0. The fourth-order valence-corrected chi connectivity index (χ4v) is 1.22. The summed E-state index contributed by atoms with van der Waals surface area (Å²) in [5.41, 5.74) is 5.28. The summed E-state index contributed by atoms with van der Waals surface area (Å²) in [4.78, 5) is 0. The van der Waals surface area contributed by atoms with E-state index in [2.05, 4.69) is 6.92 Å². The third kappa shape index (κ3) is 14.0. The molecule has 0 bridgehead atoms. The van der Waals surface area contributed by atoms with Crippen molar-refractivity contribution < 1.29 is 18.9 Å². The predicted octanol–water partition coefficient (Wildman–Crippen LogP) is 1.59. The average molecular weight is 277 g/mol. The highest BCUT2D eigenvalue weighted by Crippen LogP contribution is 2.05. The van der Waals surface area contributed by atoms with Crippen LogP contribution in [-0.4, -0.2) is 58.4 Å². The van der Waals surface area contributed by atoms with Crippen molar-refractivity contribution in [3.63, 3.8) is 0 Å². The Morgan fingerprint density at radius 3 is 1.74 bits per heavy atom. The number of ether oxygens (including phenoxy) is 4. The molecule has 0 aliphatic carbocycles. The Hall–Kier alpha value is -0.200. The van der Waals surface area contributed by atoms with Gasteiger partial charge in [0.15, 0.2) is 0 Å². The van der Waals surface area contributed by atoms with E-state index in [4.69, 9.17) is 24.7 Å². The van der Waals surface area contributed by atoms with E-state index in [1.807, 2.05) is 13.8 Å². The smallest absolute Gasteiger partial charge is 0.0749 e. The van der Waals surface area contributed by atoms with Gasteiger partial charge in [0, 0.05) is 13.2 Å². The Morgan fingerprint density at radius 1 is 0.789 bits per heavy atom. The largest absolute Gasteiger partial charge is 0.379 e. The Balaban J connectivity index is 3.07. The second-order valence-electron chi connectivity index (χ2n) is 5.00. The zero-order valence-corrected chi connectivity index (χ0v) is 12.8. The van der Waals surface area contributed by atoms with Crippen LogP contribution in [-0.2, 0) is 18.9 Å². The van der Waals surface area contributed by atoms with Crippen LogP contribution in [0, 0.1) is 0 Å². The van der Waals surface area contributed by atoms with Crippen molar-refractivity contribution in [3.05, 3.63) is 0 Å². The topological polar surface area (TPSA) is 62.9 Å². The van der Waals surface area contributed by atoms with Gasteiger partial charge in [0.05, 0.1) is 45.2 Å². The molecule has 0 rings (SSSR count). The van der Waals surface area contributed by atoms with Gasteiger partial charge in [-0.1, -0.05) is 13.3 Å². The number of unbranched alkanes of at least 4 members (excludes halogenated alkanes) is 1. The molecule has 5 nitrogen and oxygen atoms in total. The van der Waals surface area contributed by atoms with Gasteiger partial charge in [-0.2, -0.15) is 0 Å². The number of hydrogen-bond donors (Lipinski definition) is 1. The number of nitrogens with two attached hydrogens (primary N) is 1. The molecule has 0 aliphatic rings. The second-order valence-corrected chi connectivity index (χ2v) is 5.00. The molecule has 19 heavy (non-hydrogen) atoms. The molecule has 0 saturated heterocycles. The summed E-state index contributed by atoms with van der Waals surface area (Å²) >= 11 is 0. The van der Waals surface area contributed by atoms with Gasteiger partial charge >= 0.3 is 0 Å². The Morgan fingerprint density at radius 2 is 1.26 bits per heavy atom. The van der Waals surface area contributed by atoms with Crippen molar-refractivity contribution in [2.75, 3.05) is 52.8 Å². The minimum Gasteiger partial charge on any atom is -0.379 e. The van der Waals surface area contributed by atoms with Gasteiger partial charge in [0.25, 0.3) is 0 Å². The van der Waals surface area contributed by atoms with E-state index in [0.717, 1.165) is 19.4 Å². The van der Waals surface area contributed by atoms with Crippen molar-refractivity contribution in [2.45, 2.75) is 39.2 Å². The first-order valence-electron chi connectivity index (χ1n) is 7.19. The van der Waals surface area contributed by atoms with E-state index in [9.17, 15) is 0 Å². The van der Waals surface area contributed by atoms with Gasteiger partial charge in [-0.25, -0.2) is 0 Å². The summed E-state index contributed by atoms with van der Waals surface area (Å²) in [6.45, 7) is 11.0. The maximum atomic E-state index is 5.55. The van der Waals surface area contributed by atoms with Crippen molar-refractivity contribution >= 4 is 0 Å². The first-order chi connectivity index (χ1) is 9.12. The molecule has 0 spiro atoms. The van der Waals surface area contributed by atoms with Crippen LogP contribution in [0.25, 0.3) is 0 Å². The van der Waals surface area contributed by atoms with Crippen LogP contribution in [0.5, 0.6) is 0 Å². The van der Waals surface area contributed by atoms with Crippen LogP contribution in [0.3, 0.4) is 0 Å². The average Bonchev–Trinajstić information content (AvgIpc) is 2.40. The van der Waals surface area contributed by atoms with Gasteiger partial charge in [0.1, 0.15) is 0 Å². The van der Waals surface area contributed by atoms with Gasteiger partial charge in [-0.15, -0.1) is 0 Å². The van der Waals surface area contributed by atoms with Crippen molar-refractivity contribution in [1.29, 1.82) is 0 Å². The lowest BCUT2D eigenvalue weighted by Gasteiger charge is -2.22. The predicted molar refractivity (Wildman–Crippen MR) is 76.5 cm³/mol. The van der Waals surface area contributed by atoms with E-state index in [1.165, 1.54) is 0 Å². The van der Waals surface area contributed by atoms with E-state index in [1.54, 1.807) is 0 Å². The molecule has 0 unspecified atom stereocenters. The fourth-order valence-electron chi connectivity index (χ4n) is 1.22. The molecule has 0 aromatic rings. The van der Waals surface area contributed by atoms with Crippen LogP contribution >= 0.6 is 0 Å². The monoisotopic (exact) mass is 277 g/mol. The molecule has 0 amide bonds. The highest BCUT2D eigenvalue weighted by molar-refractivity contribution is 4.68. The first-order valence-corrected chi connectivity index (χ1v) is 7.19. The molecule has 0 saturated carbocycles. The maximum Gasteiger partial charge on any atom is 0.0749 e. The lowest BCUT2D eigenvalue weighted by Crippen LogP contribution is -2.35. The Kier molecular flexibility index (Phi) is 12.7. The minimum absolute atomic E-state index is 0.268. The van der Waals surface area contributed by atoms with Crippen molar-refractivity contribution in [2.24, 2.45) is 5.73 Å². The van der Waals surface area contributed by atoms with E-state index in [0.29, 0.717) is 46.2 Å². The van der Waals surface area contributed by atoms with Crippen LogP contribution in [0.1, 0.15) is 33.6 Å². The van der Waals surface area contributed by atoms with E-state index in [-0.39, 0.29) is 5.60 Å². The standard InChI is InChI=1S/C14H31NO4/c1-4-5-6-16-7-8-17-9-10-18-11-12-19-14(2,3)13-15/h4-13,15H2,1-3H3. The molecule has 0 aliphatic heterocycles. The normalized spacial score (nSPS) is 12.0. The lowest BCUT2D eigenvalue weighted by molar-refractivity contribution is -0.0492. The van der Waals surface area contributed by atoms with Gasteiger partial charge < -0.3 is 24.7 Å². The molecule has 0 aromatic heterocycles. The molecule has 5 heteroatoms. The SMILES string of the molecule is CCCCOCCOCCOCCOC(C)(C)CN. The Bertz CT molecular complexity index is 188. The summed E-state index contributed by atoms with van der Waals surface area (Å²) in [7, 11) is 0. The van der Waals surface area contributed by atoms with E-state index >= 15 is 0 Å². The van der Waals surface area contributed by atoms with Crippen LogP contribution in [0.2, 0.25) is 0 Å². The van der Waals surface area contributed by atoms with Gasteiger partial charge in [-0.3, -0.25) is 0 Å². The molecule has 0 aromatic carbocycles. The zero-order valence-electron chi connectivity index (χ0n) is 12.8. The molecule has 0 atom stereocenters. The number of rotatable bonds is 14. The third-order valence-electron chi connectivity index (χ3n) is 2.60. The minimum atomic E-state index is -0.268. The summed E-state index contributed by atoms with van der Waals surface area (Å²) < 4.78 is 21.7. The molecular formula is C14H31NO4. The lowest BCUT2D eigenvalue weighted by atomic mass is 10.1. The maximum absolute atomic E-state index is 5.55. The molecule has 2 N–H and O–H groups in total. The van der Waals surface area contributed by atoms with E-state index < -0.39 is 0 Å². The Labute approximate surface area is 117 Å². The summed E-state index contributed by atoms with van der Waals surface area (Å²) in [5.74, 6) is 0. The molecule has 0 fully saturated rings. The van der Waals surface area contributed by atoms with Crippen LogP contribution < -0.4 is 5.73 Å². The molecule has 116 valence electrons. The molecule has 0 heterocycles. The zero-order chi connectivity index (χ0) is 14.4. The van der Waals surface area contributed by atoms with Crippen molar-refractivity contribution in [1.82, 2.24) is 0 Å². The highest BCUT2D eigenvalue weighted by Gasteiger charge is 2.14. The van der Waals surface area contributed by atoms with Crippen LogP contribution in [0.4, 0.5) is 0 Å². The highest BCUT2D eigenvalue weighted by atomic mass is 16.6. The van der Waals surface area contributed by atoms with Crippen molar-refractivity contribution in [3.8, 4) is 0 Å². The summed E-state index contributed by atoms with van der Waals surface area (Å²) in [5, 5.41) is 0. The van der Waals surface area contributed by atoms with Gasteiger partial charge in [0.2, 0.25) is 0 Å². The first kappa shape index (κ1) is 18.8. The third-order valence-corrected chi connectivity index (χ3v) is 2.60. The second kappa shape index (κ2) is 12.8. The summed E-state index contributed by atoms with van der Waals surface area (Å²) in [6.07, 6.45) is 2.28. The molecular weight excluding hydrogens is 246 g/mol.